The number of phenolic OH excluding ortho intramolecular Hbond substituents is 1. The minimum atomic E-state index is -0.694. The third-order valence-electron chi connectivity index (χ3n) is 4.08. The molecule has 2 rings (SSSR count). The van der Waals surface area contributed by atoms with Crippen LogP contribution in [0.2, 0.25) is 0 Å². The summed E-state index contributed by atoms with van der Waals surface area (Å²) in [5.74, 6) is 1.23. The minimum Gasteiger partial charge on any atom is -0.507 e. The van der Waals surface area contributed by atoms with Gasteiger partial charge in [0.1, 0.15) is 5.75 Å². The van der Waals surface area contributed by atoms with E-state index in [0.717, 1.165) is 23.1 Å². The molecule has 0 aliphatic carbocycles. The van der Waals surface area contributed by atoms with Crippen molar-refractivity contribution >= 4 is 11.8 Å². The average Bonchev–Trinajstić information content (AvgIpc) is 2.60. The van der Waals surface area contributed by atoms with Crippen molar-refractivity contribution in [2.24, 2.45) is 5.92 Å². The first-order valence-corrected chi connectivity index (χ1v) is 9.34. The zero-order valence-corrected chi connectivity index (χ0v) is 15.0. The molecule has 0 aromatic heterocycles. The molecular formula is C20H26O3S. The van der Waals surface area contributed by atoms with Crippen molar-refractivity contribution in [2.45, 2.75) is 31.6 Å². The van der Waals surface area contributed by atoms with E-state index in [2.05, 4.69) is 13.8 Å². The second-order valence-corrected chi connectivity index (χ2v) is 7.61. The Bertz CT molecular complexity index is 628. The molecule has 3 nitrogen and oxygen atoms in total. The Hall–Kier alpha value is -1.49. The van der Waals surface area contributed by atoms with E-state index in [0.29, 0.717) is 17.4 Å². The van der Waals surface area contributed by atoms with Gasteiger partial charge in [0, 0.05) is 16.6 Å². The van der Waals surface area contributed by atoms with Gasteiger partial charge in [0.05, 0.1) is 12.7 Å². The van der Waals surface area contributed by atoms with Gasteiger partial charge in [-0.3, -0.25) is 0 Å². The fourth-order valence-corrected chi connectivity index (χ4v) is 3.85. The zero-order chi connectivity index (χ0) is 17.5. The summed E-state index contributed by atoms with van der Waals surface area (Å²) in [7, 11) is 0. The Morgan fingerprint density at radius 3 is 2.33 bits per heavy atom. The van der Waals surface area contributed by atoms with Gasteiger partial charge in [0.25, 0.3) is 0 Å². The lowest BCUT2D eigenvalue weighted by Gasteiger charge is -2.22. The maximum Gasteiger partial charge on any atom is 0.126 e. The number of thioether (sulfide) groups is 1. The number of aliphatic hydroxyl groups is 2. The molecule has 0 fully saturated rings. The molecule has 2 atom stereocenters. The molecule has 3 N–H and O–H groups in total. The van der Waals surface area contributed by atoms with Crippen molar-refractivity contribution in [1.29, 1.82) is 0 Å². The molecular weight excluding hydrogens is 320 g/mol. The van der Waals surface area contributed by atoms with Crippen molar-refractivity contribution in [3.63, 3.8) is 0 Å². The van der Waals surface area contributed by atoms with E-state index in [-0.39, 0.29) is 11.9 Å². The lowest BCUT2D eigenvalue weighted by molar-refractivity contribution is 0.113. The van der Waals surface area contributed by atoms with Gasteiger partial charge in [0.15, 0.2) is 0 Å². The molecule has 130 valence electrons. The monoisotopic (exact) mass is 346 g/mol. The zero-order valence-electron chi connectivity index (χ0n) is 14.2. The maximum absolute atomic E-state index is 10.7. The van der Waals surface area contributed by atoms with Crippen LogP contribution < -0.4 is 0 Å². The van der Waals surface area contributed by atoms with Gasteiger partial charge < -0.3 is 15.3 Å². The summed E-state index contributed by atoms with van der Waals surface area (Å²) < 4.78 is 0. The van der Waals surface area contributed by atoms with E-state index in [9.17, 15) is 10.2 Å². The van der Waals surface area contributed by atoms with Gasteiger partial charge in [-0.1, -0.05) is 62.4 Å². The standard InChI is InChI=1S/C20H26O3S/c1-14(2)19(24-13-17(22)12-21)11-16-9-6-10-18(20(16)23)15-7-4-3-5-8-15/h3-10,14,17,19,21-23H,11-13H2,1-2H3. The molecule has 4 heteroatoms. The van der Waals surface area contributed by atoms with Crippen LogP contribution in [-0.2, 0) is 6.42 Å². The lowest BCUT2D eigenvalue weighted by atomic mass is 9.96. The topological polar surface area (TPSA) is 60.7 Å². The fourth-order valence-electron chi connectivity index (χ4n) is 2.60. The minimum absolute atomic E-state index is 0.216. The average molecular weight is 346 g/mol. The Kier molecular flexibility index (Phi) is 7.16. The molecule has 0 heterocycles. The second-order valence-electron chi connectivity index (χ2n) is 6.34. The lowest BCUT2D eigenvalue weighted by Crippen LogP contribution is -2.21. The maximum atomic E-state index is 10.7. The number of benzene rings is 2. The predicted octanol–water partition coefficient (Wildman–Crippen LogP) is 3.71. The summed E-state index contributed by atoms with van der Waals surface area (Å²) in [4.78, 5) is 0. The Balaban J connectivity index is 2.18. The quantitative estimate of drug-likeness (QED) is 0.682. The summed E-state index contributed by atoms with van der Waals surface area (Å²) in [5, 5.41) is 29.5. The van der Waals surface area contributed by atoms with Crippen molar-refractivity contribution < 1.29 is 15.3 Å². The number of hydrogen-bond donors (Lipinski definition) is 3. The highest BCUT2D eigenvalue weighted by molar-refractivity contribution is 7.99. The van der Waals surface area contributed by atoms with Crippen molar-refractivity contribution in [2.75, 3.05) is 12.4 Å². The molecule has 0 saturated heterocycles. The van der Waals surface area contributed by atoms with Gasteiger partial charge in [-0.05, 0) is 23.5 Å². The number of rotatable bonds is 8. The highest BCUT2D eigenvalue weighted by atomic mass is 32.2. The van der Waals surface area contributed by atoms with Crippen LogP contribution in [0.25, 0.3) is 11.1 Å². The van der Waals surface area contributed by atoms with Crippen LogP contribution in [0.15, 0.2) is 48.5 Å². The molecule has 0 aliphatic heterocycles. The molecule has 2 unspecified atom stereocenters. The van der Waals surface area contributed by atoms with E-state index in [1.54, 1.807) is 11.8 Å². The van der Waals surface area contributed by atoms with Gasteiger partial charge in [-0.2, -0.15) is 11.8 Å². The Morgan fingerprint density at radius 1 is 1.00 bits per heavy atom. The first-order valence-electron chi connectivity index (χ1n) is 8.29. The highest BCUT2D eigenvalue weighted by Gasteiger charge is 2.19. The van der Waals surface area contributed by atoms with E-state index < -0.39 is 6.10 Å². The number of aromatic hydroxyl groups is 1. The van der Waals surface area contributed by atoms with Gasteiger partial charge in [-0.15, -0.1) is 0 Å². The van der Waals surface area contributed by atoms with Crippen LogP contribution in [-0.4, -0.2) is 39.0 Å². The van der Waals surface area contributed by atoms with Gasteiger partial charge in [-0.25, -0.2) is 0 Å². The largest absolute Gasteiger partial charge is 0.507 e. The molecule has 0 aliphatic rings. The smallest absolute Gasteiger partial charge is 0.126 e. The molecule has 0 radical (unpaired) electrons. The van der Waals surface area contributed by atoms with Crippen molar-refractivity contribution in [1.82, 2.24) is 0 Å². The van der Waals surface area contributed by atoms with Gasteiger partial charge in [0.2, 0.25) is 0 Å². The number of phenols is 1. The first-order chi connectivity index (χ1) is 11.5. The third kappa shape index (κ3) is 5.00. The van der Waals surface area contributed by atoms with Crippen LogP contribution in [0.4, 0.5) is 0 Å². The fraction of sp³-hybridized carbons (Fsp3) is 0.400. The summed E-state index contributed by atoms with van der Waals surface area (Å²) >= 11 is 1.65. The van der Waals surface area contributed by atoms with Crippen LogP contribution in [0.1, 0.15) is 19.4 Å². The van der Waals surface area contributed by atoms with E-state index in [4.69, 9.17) is 5.11 Å². The SMILES string of the molecule is CC(C)C(Cc1cccc(-c2ccccc2)c1O)SCC(O)CO. The molecule has 0 bridgehead atoms. The molecule has 0 saturated carbocycles. The van der Waals surface area contributed by atoms with Crippen molar-refractivity contribution in [3.8, 4) is 16.9 Å². The van der Waals surface area contributed by atoms with Crippen LogP contribution in [0, 0.1) is 5.92 Å². The number of para-hydroxylation sites is 1. The normalized spacial score (nSPS) is 13.9. The summed E-state index contributed by atoms with van der Waals surface area (Å²) in [5.41, 5.74) is 2.76. The third-order valence-corrected chi connectivity index (χ3v) is 5.80. The number of hydrogen-bond acceptors (Lipinski definition) is 4. The molecule has 2 aromatic carbocycles. The predicted molar refractivity (Wildman–Crippen MR) is 101 cm³/mol. The Morgan fingerprint density at radius 2 is 1.71 bits per heavy atom. The first kappa shape index (κ1) is 18.8. The molecule has 0 amide bonds. The summed E-state index contributed by atoms with van der Waals surface area (Å²) in [6.45, 7) is 4.06. The number of aliphatic hydroxyl groups excluding tert-OH is 2. The van der Waals surface area contributed by atoms with E-state index in [1.807, 2.05) is 48.5 Å². The van der Waals surface area contributed by atoms with Gasteiger partial charge >= 0.3 is 0 Å². The van der Waals surface area contributed by atoms with Crippen LogP contribution in [0.5, 0.6) is 5.75 Å². The van der Waals surface area contributed by atoms with E-state index >= 15 is 0 Å². The van der Waals surface area contributed by atoms with E-state index in [1.165, 1.54) is 0 Å². The second kappa shape index (κ2) is 9.11. The highest BCUT2D eigenvalue weighted by Crippen LogP contribution is 2.35. The van der Waals surface area contributed by atoms with Crippen LogP contribution >= 0.6 is 11.8 Å². The molecule has 24 heavy (non-hydrogen) atoms. The Labute approximate surface area is 148 Å². The van der Waals surface area contributed by atoms with Crippen molar-refractivity contribution in [3.05, 3.63) is 54.1 Å². The molecule has 0 spiro atoms. The summed E-state index contributed by atoms with van der Waals surface area (Å²) in [6.07, 6.45) is 0.0352. The summed E-state index contributed by atoms with van der Waals surface area (Å²) in [6, 6.07) is 15.7. The van der Waals surface area contributed by atoms with Crippen LogP contribution in [0.3, 0.4) is 0 Å². The molecule has 2 aromatic rings.